The molecule has 0 unspecified atom stereocenters. The highest BCUT2D eigenvalue weighted by atomic mass is 19.3. The lowest BCUT2D eigenvalue weighted by molar-refractivity contribution is -0.0498. The van der Waals surface area contributed by atoms with Crippen molar-refractivity contribution in [3.8, 4) is 24.0 Å². The van der Waals surface area contributed by atoms with Crippen molar-refractivity contribution in [3.63, 3.8) is 0 Å². The SMILES string of the molecule is N#CC1=C(N)C(C#N)(C#N)[C@H](c2ccc(OC(F)F)cc2)C=C1C1CC1. The molecule has 2 aliphatic carbocycles. The fourth-order valence-electron chi connectivity index (χ4n) is 3.25. The third kappa shape index (κ3) is 2.76. The van der Waals surface area contributed by atoms with Crippen LogP contribution in [0.3, 0.4) is 0 Å². The Bertz CT molecular complexity index is 895. The Morgan fingerprint density at radius 3 is 2.19 bits per heavy atom. The molecule has 0 bridgehead atoms. The van der Waals surface area contributed by atoms with E-state index in [-0.39, 0.29) is 22.9 Å². The van der Waals surface area contributed by atoms with Crippen molar-refractivity contribution in [3.05, 3.63) is 52.7 Å². The number of benzene rings is 1. The molecule has 0 amide bonds. The molecular formula is C19H14F2N4O. The van der Waals surface area contributed by atoms with E-state index >= 15 is 0 Å². The van der Waals surface area contributed by atoms with Gasteiger partial charge in [-0.25, -0.2) is 0 Å². The molecule has 0 saturated heterocycles. The third-order valence-corrected chi connectivity index (χ3v) is 4.74. The first kappa shape index (κ1) is 17.5. The summed E-state index contributed by atoms with van der Waals surface area (Å²) in [5.41, 5.74) is 5.86. The maximum atomic E-state index is 12.3. The number of nitriles is 3. The molecule has 0 radical (unpaired) electrons. The van der Waals surface area contributed by atoms with E-state index in [1.54, 1.807) is 6.08 Å². The lowest BCUT2D eigenvalue weighted by Gasteiger charge is -2.33. The molecule has 0 heterocycles. The second-order valence-corrected chi connectivity index (χ2v) is 6.25. The van der Waals surface area contributed by atoms with Gasteiger partial charge < -0.3 is 10.5 Å². The first-order valence-corrected chi connectivity index (χ1v) is 7.96. The van der Waals surface area contributed by atoms with Gasteiger partial charge in [0.25, 0.3) is 0 Å². The zero-order valence-electron chi connectivity index (χ0n) is 13.6. The van der Waals surface area contributed by atoms with E-state index in [0.717, 1.165) is 18.4 Å². The Morgan fingerprint density at radius 1 is 1.12 bits per heavy atom. The summed E-state index contributed by atoms with van der Waals surface area (Å²) < 4.78 is 29.0. The molecule has 0 aromatic heterocycles. The standard InChI is InChI=1S/C19H14F2N4O/c20-18(21)26-13-5-3-12(4-6-13)16-7-14(11-1-2-11)15(8-22)17(25)19(16,9-23)10-24/h3-7,11,16,18H,1-2,25H2/t16-/m0/s1. The average molecular weight is 352 g/mol. The lowest BCUT2D eigenvalue weighted by atomic mass is 9.66. The van der Waals surface area contributed by atoms with Crippen LogP contribution < -0.4 is 10.5 Å². The summed E-state index contributed by atoms with van der Waals surface area (Å²) in [6.45, 7) is -2.94. The number of allylic oxidation sites excluding steroid dienone is 4. The maximum absolute atomic E-state index is 12.3. The van der Waals surface area contributed by atoms with Gasteiger partial charge in [0, 0.05) is 5.92 Å². The fraction of sp³-hybridized carbons (Fsp3) is 0.316. The van der Waals surface area contributed by atoms with Gasteiger partial charge in [-0.3, -0.25) is 0 Å². The van der Waals surface area contributed by atoms with Crippen molar-refractivity contribution in [1.29, 1.82) is 15.8 Å². The number of hydrogen-bond acceptors (Lipinski definition) is 5. The molecule has 1 atom stereocenters. The number of alkyl halides is 2. The number of nitrogens with two attached hydrogens (primary N) is 1. The summed E-state index contributed by atoms with van der Waals surface area (Å²) in [6, 6.07) is 11.7. The molecule has 2 N–H and O–H groups in total. The normalized spacial score (nSPS) is 21.4. The molecule has 1 aromatic rings. The van der Waals surface area contributed by atoms with Crippen molar-refractivity contribution in [2.45, 2.75) is 25.4 Å². The average Bonchev–Trinajstić information content (AvgIpc) is 3.46. The van der Waals surface area contributed by atoms with Crippen LogP contribution in [0, 0.1) is 45.3 Å². The van der Waals surface area contributed by atoms with Gasteiger partial charge in [-0.05, 0) is 42.0 Å². The van der Waals surface area contributed by atoms with Crippen LogP contribution in [-0.4, -0.2) is 6.61 Å². The highest BCUT2D eigenvalue weighted by Crippen LogP contribution is 2.51. The summed E-state index contributed by atoms with van der Waals surface area (Å²) in [4.78, 5) is 0. The Labute approximate surface area is 149 Å². The van der Waals surface area contributed by atoms with Crippen molar-refractivity contribution in [2.24, 2.45) is 17.1 Å². The van der Waals surface area contributed by atoms with Crippen LogP contribution in [-0.2, 0) is 0 Å². The van der Waals surface area contributed by atoms with Gasteiger partial charge in [-0.2, -0.15) is 24.6 Å². The second kappa shape index (κ2) is 6.50. The zero-order chi connectivity index (χ0) is 18.9. The number of nitrogens with zero attached hydrogens (tertiary/aromatic N) is 3. The van der Waals surface area contributed by atoms with Gasteiger partial charge >= 0.3 is 6.61 Å². The van der Waals surface area contributed by atoms with Crippen molar-refractivity contribution < 1.29 is 13.5 Å². The first-order chi connectivity index (χ1) is 12.5. The number of halogens is 2. The van der Waals surface area contributed by atoms with E-state index in [0.29, 0.717) is 5.56 Å². The van der Waals surface area contributed by atoms with Crippen molar-refractivity contribution >= 4 is 0 Å². The Morgan fingerprint density at radius 2 is 1.73 bits per heavy atom. The van der Waals surface area contributed by atoms with Gasteiger partial charge in [0.2, 0.25) is 0 Å². The highest BCUT2D eigenvalue weighted by Gasteiger charge is 2.49. The Hall–Kier alpha value is -3.37. The molecule has 0 spiro atoms. The molecule has 1 saturated carbocycles. The molecule has 7 heteroatoms. The van der Waals surface area contributed by atoms with Gasteiger partial charge in [-0.1, -0.05) is 18.2 Å². The largest absolute Gasteiger partial charge is 0.435 e. The summed E-state index contributed by atoms with van der Waals surface area (Å²) in [7, 11) is 0. The molecule has 3 rings (SSSR count). The predicted octanol–water partition coefficient (Wildman–Crippen LogP) is 3.49. The van der Waals surface area contributed by atoms with Crippen molar-refractivity contribution in [2.75, 3.05) is 0 Å². The molecule has 5 nitrogen and oxygen atoms in total. The van der Waals surface area contributed by atoms with Crippen LogP contribution in [0.25, 0.3) is 0 Å². The summed E-state index contributed by atoms with van der Waals surface area (Å²) >= 11 is 0. The Balaban J connectivity index is 2.09. The van der Waals surface area contributed by atoms with Crippen molar-refractivity contribution in [1.82, 2.24) is 0 Å². The van der Waals surface area contributed by atoms with Crippen LogP contribution in [0.5, 0.6) is 5.75 Å². The molecule has 130 valence electrons. The highest BCUT2D eigenvalue weighted by molar-refractivity contribution is 5.60. The minimum Gasteiger partial charge on any atom is -0.435 e. The van der Waals surface area contributed by atoms with Gasteiger partial charge in [0.05, 0.1) is 23.4 Å². The molecule has 2 aliphatic rings. The summed E-state index contributed by atoms with van der Waals surface area (Å²) in [5.74, 6) is -0.528. The van der Waals surface area contributed by atoms with Crippen LogP contribution in [0.4, 0.5) is 8.78 Å². The molecule has 0 aliphatic heterocycles. The van der Waals surface area contributed by atoms with Gasteiger partial charge in [-0.15, -0.1) is 0 Å². The molecule has 1 fully saturated rings. The smallest absolute Gasteiger partial charge is 0.387 e. The van der Waals surface area contributed by atoms with Crippen LogP contribution in [0.2, 0.25) is 0 Å². The topological polar surface area (TPSA) is 107 Å². The van der Waals surface area contributed by atoms with Gasteiger partial charge in [0.1, 0.15) is 11.8 Å². The monoisotopic (exact) mass is 352 g/mol. The summed E-state index contributed by atoms with van der Waals surface area (Å²) in [5, 5.41) is 28.9. The predicted molar refractivity (Wildman–Crippen MR) is 87.1 cm³/mol. The van der Waals surface area contributed by atoms with Gasteiger partial charge in [0.15, 0.2) is 5.41 Å². The van der Waals surface area contributed by atoms with Crippen LogP contribution in [0.15, 0.2) is 47.2 Å². The van der Waals surface area contributed by atoms with Crippen LogP contribution >= 0.6 is 0 Å². The fourth-order valence-corrected chi connectivity index (χ4v) is 3.25. The second-order valence-electron chi connectivity index (χ2n) is 6.25. The van der Waals surface area contributed by atoms with E-state index < -0.39 is 17.9 Å². The van der Waals surface area contributed by atoms with E-state index in [9.17, 15) is 24.6 Å². The molecule has 1 aromatic carbocycles. The molecular weight excluding hydrogens is 338 g/mol. The summed E-state index contributed by atoms with van der Waals surface area (Å²) in [6.07, 6.45) is 3.59. The third-order valence-electron chi connectivity index (χ3n) is 4.74. The molecule has 26 heavy (non-hydrogen) atoms. The quantitative estimate of drug-likeness (QED) is 0.892. The number of ether oxygens (including phenoxy) is 1. The van der Waals surface area contributed by atoms with E-state index in [1.807, 2.05) is 18.2 Å². The van der Waals surface area contributed by atoms with E-state index in [2.05, 4.69) is 4.74 Å². The Kier molecular flexibility index (Phi) is 4.36. The van der Waals surface area contributed by atoms with E-state index in [4.69, 9.17) is 5.73 Å². The maximum Gasteiger partial charge on any atom is 0.387 e. The number of rotatable bonds is 4. The zero-order valence-corrected chi connectivity index (χ0v) is 13.6. The minimum atomic E-state index is -2.94. The minimum absolute atomic E-state index is 0.0216. The lowest BCUT2D eigenvalue weighted by Crippen LogP contribution is -2.35. The number of hydrogen-bond donors (Lipinski definition) is 1. The van der Waals surface area contributed by atoms with E-state index in [1.165, 1.54) is 24.3 Å². The van der Waals surface area contributed by atoms with Crippen LogP contribution in [0.1, 0.15) is 24.3 Å². The first-order valence-electron chi connectivity index (χ1n) is 7.96.